The molecule has 1 aromatic carbocycles. The highest BCUT2D eigenvalue weighted by atomic mass is 18.2. The molecule has 0 atom stereocenters. The van der Waals surface area contributed by atoms with Gasteiger partial charge >= 0.3 is 6.03 Å². The second-order valence-corrected chi connectivity index (χ2v) is 2.89. The summed E-state index contributed by atoms with van der Waals surface area (Å²) in [6.45, 7) is 2.60. The molecule has 2 amide bonds. The van der Waals surface area contributed by atoms with Crippen LogP contribution in [-0.4, -0.2) is 12.6 Å². The second kappa shape index (κ2) is 5.21. The van der Waals surface area contributed by atoms with Crippen LogP contribution in [0.5, 0.6) is 0 Å². The van der Waals surface area contributed by atoms with Crippen molar-refractivity contribution in [2.75, 3.05) is 11.9 Å². The van der Waals surface area contributed by atoms with Gasteiger partial charge in [0.25, 0.3) is 0 Å². The Kier molecular flexibility index (Phi) is 3.91. The summed E-state index contributed by atoms with van der Waals surface area (Å²) < 4.78 is 12.5. The van der Waals surface area contributed by atoms with Gasteiger partial charge in [-0.05, 0) is 30.7 Å². The zero-order valence-electron chi connectivity index (χ0n) is 8.01. The maximum atomic E-state index is 12.5. The Morgan fingerprint density at radius 1 is 1.36 bits per heavy atom. The number of halogens is 1. The van der Waals surface area contributed by atoms with Gasteiger partial charge in [0.15, 0.2) is 0 Å². The normalized spacial score (nSPS) is 9.57. The van der Waals surface area contributed by atoms with E-state index in [1.807, 2.05) is 6.92 Å². The average Bonchev–Trinajstić information content (AvgIpc) is 2.18. The Bertz CT molecular complexity index is 297. The van der Waals surface area contributed by atoms with Gasteiger partial charge in [-0.15, -0.1) is 0 Å². The van der Waals surface area contributed by atoms with Gasteiger partial charge in [0.05, 0.1) is 0 Å². The van der Waals surface area contributed by atoms with Gasteiger partial charge in [-0.3, -0.25) is 0 Å². The highest BCUT2D eigenvalue weighted by Gasteiger charge is 1.99. The summed E-state index contributed by atoms with van der Waals surface area (Å²) >= 11 is 0. The number of hydrogen-bond acceptors (Lipinski definition) is 1. The van der Waals surface area contributed by atoms with Crippen molar-refractivity contribution in [1.29, 1.82) is 0 Å². The fourth-order valence-electron chi connectivity index (χ4n) is 0.947. The van der Waals surface area contributed by atoms with Crippen LogP contribution in [-0.2, 0) is 0 Å². The third-order valence-electron chi connectivity index (χ3n) is 1.64. The maximum Gasteiger partial charge on any atom is 0.319 e. The first kappa shape index (κ1) is 10.5. The largest absolute Gasteiger partial charge is 0.338 e. The third kappa shape index (κ3) is 3.43. The molecule has 0 saturated heterocycles. The summed E-state index contributed by atoms with van der Waals surface area (Å²) in [6, 6.07) is 5.37. The summed E-state index contributed by atoms with van der Waals surface area (Å²) in [7, 11) is 0. The van der Waals surface area contributed by atoms with Crippen LogP contribution in [0.3, 0.4) is 0 Å². The lowest BCUT2D eigenvalue weighted by atomic mass is 10.3. The molecular formula is C10H13FN2O. The molecule has 0 aliphatic heterocycles. The zero-order chi connectivity index (χ0) is 10.4. The number of hydrogen-bond donors (Lipinski definition) is 2. The van der Waals surface area contributed by atoms with E-state index in [4.69, 9.17) is 0 Å². The van der Waals surface area contributed by atoms with Crippen molar-refractivity contribution < 1.29 is 9.18 Å². The zero-order valence-corrected chi connectivity index (χ0v) is 8.01. The van der Waals surface area contributed by atoms with Gasteiger partial charge in [-0.25, -0.2) is 9.18 Å². The van der Waals surface area contributed by atoms with Crippen LogP contribution in [0.2, 0.25) is 0 Å². The number of nitrogens with one attached hydrogen (secondary N) is 2. The lowest BCUT2D eigenvalue weighted by Gasteiger charge is -2.05. The Hall–Kier alpha value is -1.58. The monoisotopic (exact) mass is 195 g/mol. The Morgan fingerprint density at radius 2 is 2.00 bits per heavy atom. The van der Waals surface area contributed by atoms with Crippen LogP contribution in [0.25, 0.3) is 0 Å². The molecule has 2 N–H and O–H groups in total. The molecule has 0 aliphatic carbocycles. The van der Waals surface area contributed by atoms with E-state index in [0.29, 0.717) is 12.2 Å². The highest BCUT2D eigenvalue weighted by Crippen LogP contribution is 2.07. The van der Waals surface area contributed by atoms with Crippen LogP contribution < -0.4 is 10.6 Å². The van der Waals surface area contributed by atoms with Gasteiger partial charge in [-0.2, -0.15) is 0 Å². The van der Waals surface area contributed by atoms with Crippen molar-refractivity contribution in [3.63, 3.8) is 0 Å². The average molecular weight is 195 g/mol. The van der Waals surface area contributed by atoms with E-state index >= 15 is 0 Å². The molecule has 0 unspecified atom stereocenters. The smallest absolute Gasteiger partial charge is 0.319 e. The molecule has 76 valence electrons. The van der Waals surface area contributed by atoms with Gasteiger partial charge in [-0.1, -0.05) is 6.92 Å². The van der Waals surface area contributed by atoms with E-state index in [-0.39, 0.29) is 11.8 Å². The van der Waals surface area contributed by atoms with Crippen molar-refractivity contribution >= 4 is 11.7 Å². The van der Waals surface area contributed by atoms with Gasteiger partial charge in [0, 0.05) is 12.2 Å². The lowest BCUT2D eigenvalue weighted by Crippen LogP contribution is -2.29. The molecule has 0 radical (unpaired) electrons. The summed E-state index contributed by atoms with van der Waals surface area (Å²) in [5.74, 6) is -0.315. The lowest BCUT2D eigenvalue weighted by molar-refractivity contribution is 0.252. The molecule has 0 spiro atoms. The summed E-state index contributed by atoms with van der Waals surface area (Å²) in [5.41, 5.74) is 0.583. The highest BCUT2D eigenvalue weighted by molar-refractivity contribution is 5.89. The van der Waals surface area contributed by atoms with E-state index in [2.05, 4.69) is 10.6 Å². The van der Waals surface area contributed by atoms with Gasteiger partial charge < -0.3 is 10.6 Å². The Balaban J connectivity index is 2.44. The minimum atomic E-state index is -0.315. The quantitative estimate of drug-likeness (QED) is 0.763. The summed E-state index contributed by atoms with van der Waals surface area (Å²) in [6.07, 6.45) is 0.886. The van der Waals surface area contributed by atoms with E-state index in [0.717, 1.165) is 6.42 Å². The Labute approximate surface area is 82.3 Å². The van der Waals surface area contributed by atoms with E-state index in [1.54, 1.807) is 0 Å². The standard InChI is InChI=1S/C10H13FN2O/c1-2-7-12-10(14)13-9-5-3-8(11)4-6-9/h3-6H,2,7H2,1H3,(H2,12,13,14)/i11-1. The fourth-order valence-corrected chi connectivity index (χ4v) is 0.947. The van der Waals surface area contributed by atoms with E-state index in [1.165, 1.54) is 24.3 Å². The van der Waals surface area contributed by atoms with Crippen LogP contribution in [0.4, 0.5) is 14.9 Å². The molecular weight excluding hydrogens is 182 g/mol. The van der Waals surface area contributed by atoms with Crippen LogP contribution >= 0.6 is 0 Å². The number of urea groups is 1. The number of benzene rings is 1. The molecule has 14 heavy (non-hydrogen) atoms. The number of carbonyl (C=O) groups excluding carboxylic acids is 1. The minimum absolute atomic E-state index is 0.265. The number of anilines is 1. The van der Waals surface area contributed by atoms with E-state index in [9.17, 15) is 9.18 Å². The molecule has 0 bridgehead atoms. The third-order valence-corrected chi connectivity index (χ3v) is 1.64. The number of rotatable bonds is 3. The van der Waals surface area contributed by atoms with Crippen LogP contribution in [0, 0.1) is 5.82 Å². The first-order valence-corrected chi connectivity index (χ1v) is 4.53. The molecule has 4 heteroatoms. The predicted octanol–water partition coefficient (Wildman–Crippen LogP) is 2.36. The Morgan fingerprint density at radius 3 is 2.57 bits per heavy atom. The fraction of sp³-hybridized carbons (Fsp3) is 0.300. The molecule has 0 fully saturated rings. The van der Waals surface area contributed by atoms with Crippen molar-refractivity contribution in [3.8, 4) is 0 Å². The topological polar surface area (TPSA) is 41.1 Å². The van der Waals surface area contributed by atoms with Gasteiger partial charge in [0.2, 0.25) is 0 Å². The molecule has 0 aromatic heterocycles. The van der Waals surface area contributed by atoms with Crippen molar-refractivity contribution in [2.45, 2.75) is 13.3 Å². The van der Waals surface area contributed by atoms with Crippen LogP contribution in [0.1, 0.15) is 13.3 Å². The van der Waals surface area contributed by atoms with Crippen molar-refractivity contribution in [3.05, 3.63) is 30.1 Å². The van der Waals surface area contributed by atoms with E-state index < -0.39 is 0 Å². The number of carbonyl (C=O) groups is 1. The first-order valence-electron chi connectivity index (χ1n) is 4.53. The molecule has 0 saturated carbocycles. The number of amides is 2. The summed E-state index contributed by atoms with van der Waals surface area (Å²) in [4.78, 5) is 11.1. The first-order chi connectivity index (χ1) is 6.72. The summed E-state index contributed by atoms with van der Waals surface area (Å²) in [5, 5.41) is 5.24. The molecule has 0 heterocycles. The molecule has 1 rings (SSSR count). The van der Waals surface area contributed by atoms with Crippen molar-refractivity contribution in [1.82, 2.24) is 5.32 Å². The SMILES string of the molecule is CCCNC(=O)Nc1ccc([18F])cc1. The minimum Gasteiger partial charge on any atom is -0.338 e. The van der Waals surface area contributed by atoms with Gasteiger partial charge in [0.1, 0.15) is 5.82 Å². The van der Waals surface area contributed by atoms with Crippen LogP contribution in [0.15, 0.2) is 24.3 Å². The maximum absolute atomic E-state index is 12.5. The molecule has 1 aromatic rings. The predicted molar refractivity (Wildman–Crippen MR) is 53.7 cm³/mol. The molecule has 0 aliphatic rings. The second-order valence-electron chi connectivity index (χ2n) is 2.89. The molecule has 3 nitrogen and oxygen atoms in total. The van der Waals surface area contributed by atoms with Crippen molar-refractivity contribution in [2.24, 2.45) is 0 Å².